The molecule has 2 rings (SSSR count). The molecule has 0 spiro atoms. The van der Waals surface area contributed by atoms with Crippen molar-refractivity contribution in [1.82, 2.24) is 14.9 Å². The summed E-state index contributed by atoms with van der Waals surface area (Å²) >= 11 is 0. The summed E-state index contributed by atoms with van der Waals surface area (Å²) < 4.78 is 1.81. The van der Waals surface area contributed by atoms with Crippen LogP contribution in [0.25, 0.3) is 11.0 Å². The van der Waals surface area contributed by atoms with Gasteiger partial charge in [0.25, 0.3) is 0 Å². The van der Waals surface area contributed by atoms with Crippen LogP contribution in [0.3, 0.4) is 0 Å². The molecule has 0 saturated heterocycles. The number of amides is 1. The molecule has 1 amide bonds. The summed E-state index contributed by atoms with van der Waals surface area (Å²) in [5, 5.41) is 11.3. The fourth-order valence-corrected chi connectivity index (χ4v) is 2.15. The lowest BCUT2D eigenvalue weighted by Crippen LogP contribution is -2.28. The van der Waals surface area contributed by atoms with Crippen LogP contribution in [0.1, 0.15) is 25.7 Å². The maximum absolute atomic E-state index is 11.8. The lowest BCUT2D eigenvalue weighted by atomic mass is 10.2. The quantitative estimate of drug-likeness (QED) is 0.726. The van der Waals surface area contributed by atoms with E-state index in [0.717, 1.165) is 23.9 Å². The molecule has 0 aliphatic carbocycles. The average molecular weight is 289 g/mol. The Hall–Kier alpha value is -2.37. The van der Waals surface area contributed by atoms with E-state index in [-0.39, 0.29) is 18.9 Å². The van der Waals surface area contributed by atoms with Gasteiger partial charge in [0.2, 0.25) is 5.91 Å². The highest BCUT2D eigenvalue weighted by Crippen LogP contribution is 2.11. The van der Waals surface area contributed by atoms with E-state index in [1.807, 2.05) is 28.8 Å². The number of hydrogen-bond acceptors (Lipinski definition) is 3. The Morgan fingerprint density at radius 3 is 2.81 bits per heavy atom. The fraction of sp³-hybridized carbons (Fsp3) is 0.400. The highest BCUT2D eigenvalue weighted by Gasteiger charge is 2.06. The van der Waals surface area contributed by atoms with Crippen LogP contribution in [-0.4, -0.2) is 33.1 Å². The van der Waals surface area contributed by atoms with Gasteiger partial charge in [-0.05, 0) is 25.0 Å². The number of rotatable bonds is 8. The zero-order valence-corrected chi connectivity index (χ0v) is 11.8. The van der Waals surface area contributed by atoms with E-state index in [4.69, 9.17) is 5.11 Å². The van der Waals surface area contributed by atoms with Gasteiger partial charge in [-0.3, -0.25) is 9.59 Å². The van der Waals surface area contributed by atoms with Crippen molar-refractivity contribution in [1.29, 1.82) is 0 Å². The molecule has 6 heteroatoms. The Morgan fingerprint density at radius 2 is 2.00 bits per heavy atom. The van der Waals surface area contributed by atoms with Crippen LogP contribution in [0, 0.1) is 0 Å². The number of carbonyl (C=O) groups is 2. The lowest BCUT2D eigenvalue weighted by molar-refractivity contribution is -0.137. The van der Waals surface area contributed by atoms with E-state index in [1.165, 1.54) is 0 Å². The first-order valence-electron chi connectivity index (χ1n) is 7.05. The molecule has 0 aliphatic heterocycles. The topological polar surface area (TPSA) is 84.2 Å². The number of nitrogens with zero attached hydrogens (tertiary/aromatic N) is 2. The van der Waals surface area contributed by atoms with Crippen LogP contribution in [-0.2, 0) is 16.1 Å². The molecule has 1 heterocycles. The summed E-state index contributed by atoms with van der Waals surface area (Å²) in [5.74, 6) is -0.831. The number of aromatic nitrogens is 2. The van der Waals surface area contributed by atoms with Gasteiger partial charge in [-0.2, -0.15) is 0 Å². The first-order chi connectivity index (χ1) is 10.2. The lowest BCUT2D eigenvalue weighted by Gasteiger charge is -2.06. The highest BCUT2D eigenvalue weighted by atomic mass is 16.4. The molecule has 2 N–H and O–H groups in total. The van der Waals surface area contributed by atoms with Crippen molar-refractivity contribution in [2.75, 3.05) is 6.54 Å². The van der Waals surface area contributed by atoms with Gasteiger partial charge in [0.1, 0.15) is 6.54 Å². The number of hydrogen-bond donors (Lipinski definition) is 2. The zero-order chi connectivity index (χ0) is 15.1. The van der Waals surface area contributed by atoms with Crippen molar-refractivity contribution < 1.29 is 14.7 Å². The van der Waals surface area contributed by atoms with E-state index in [0.29, 0.717) is 13.0 Å². The molecule has 2 aromatic rings. The minimum absolute atomic E-state index is 0.0589. The molecule has 0 fully saturated rings. The largest absolute Gasteiger partial charge is 0.481 e. The summed E-state index contributed by atoms with van der Waals surface area (Å²) in [6.07, 6.45) is 4.10. The number of benzene rings is 1. The van der Waals surface area contributed by atoms with Crippen molar-refractivity contribution in [2.45, 2.75) is 32.2 Å². The third kappa shape index (κ3) is 4.59. The molecule has 0 atom stereocenters. The second-order valence-corrected chi connectivity index (χ2v) is 4.92. The summed E-state index contributed by atoms with van der Waals surface area (Å²) in [7, 11) is 0. The van der Waals surface area contributed by atoms with E-state index >= 15 is 0 Å². The molecule has 0 aliphatic rings. The van der Waals surface area contributed by atoms with Crippen molar-refractivity contribution in [3.05, 3.63) is 30.6 Å². The average Bonchev–Trinajstić information content (AvgIpc) is 2.86. The standard InChI is InChI=1S/C15H19N3O3/c19-14(16-9-5-1-2-8-15(20)21)10-18-11-17-12-6-3-4-7-13(12)18/h3-4,6-7,11H,1-2,5,8-10H2,(H,16,19)(H,20,21). The number of carbonyl (C=O) groups excluding carboxylic acids is 1. The molecular formula is C15H19N3O3. The number of fused-ring (bicyclic) bond motifs is 1. The van der Waals surface area contributed by atoms with Crippen LogP contribution < -0.4 is 5.32 Å². The maximum Gasteiger partial charge on any atom is 0.303 e. The normalized spacial score (nSPS) is 10.7. The van der Waals surface area contributed by atoms with Crippen LogP contribution in [0.5, 0.6) is 0 Å². The third-order valence-corrected chi connectivity index (χ3v) is 3.23. The van der Waals surface area contributed by atoms with E-state index in [9.17, 15) is 9.59 Å². The van der Waals surface area contributed by atoms with Gasteiger partial charge in [0, 0.05) is 13.0 Å². The minimum Gasteiger partial charge on any atom is -0.481 e. The predicted octanol–water partition coefficient (Wildman–Crippen LogP) is 1.80. The summed E-state index contributed by atoms with van der Waals surface area (Å²) in [6, 6.07) is 7.67. The molecule has 21 heavy (non-hydrogen) atoms. The smallest absolute Gasteiger partial charge is 0.303 e. The Balaban J connectivity index is 1.71. The number of nitrogens with one attached hydrogen (secondary N) is 1. The SMILES string of the molecule is O=C(O)CCCCCNC(=O)Cn1cnc2ccccc21. The third-order valence-electron chi connectivity index (χ3n) is 3.23. The number of carboxylic acid groups (broad SMARTS) is 1. The van der Waals surface area contributed by atoms with E-state index in [2.05, 4.69) is 10.3 Å². The molecule has 0 unspecified atom stereocenters. The number of para-hydroxylation sites is 2. The van der Waals surface area contributed by atoms with Crippen molar-refractivity contribution in [2.24, 2.45) is 0 Å². The number of unbranched alkanes of at least 4 members (excludes halogenated alkanes) is 2. The van der Waals surface area contributed by atoms with Gasteiger partial charge in [0.15, 0.2) is 0 Å². The predicted molar refractivity (Wildman–Crippen MR) is 78.8 cm³/mol. The molecule has 6 nitrogen and oxygen atoms in total. The molecule has 112 valence electrons. The van der Waals surface area contributed by atoms with Crippen LogP contribution in [0.2, 0.25) is 0 Å². The second kappa shape index (κ2) is 7.42. The molecule has 0 radical (unpaired) electrons. The molecule has 1 aromatic carbocycles. The van der Waals surface area contributed by atoms with Gasteiger partial charge >= 0.3 is 5.97 Å². The fourth-order valence-electron chi connectivity index (χ4n) is 2.15. The Bertz CT molecular complexity index is 621. The van der Waals surface area contributed by atoms with Crippen molar-refractivity contribution in [3.8, 4) is 0 Å². The van der Waals surface area contributed by atoms with Crippen LogP contribution in [0.15, 0.2) is 30.6 Å². The molecule has 1 aromatic heterocycles. The highest BCUT2D eigenvalue weighted by molar-refractivity contribution is 5.80. The van der Waals surface area contributed by atoms with Gasteiger partial charge in [-0.25, -0.2) is 4.98 Å². The summed E-state index contributed by atoms with van der Waals surface area (Å²) in [6.45, 7) is 0.820. The first kappa shape index (κ1) is 15.0. The number of aliphatic carboxylic acids is 1. The second-order valence-electron chi connectivity index (χ2n) is 4.92. The van der Waals surface area contributed by atoms with Crippen LogP contribution in [0.4, 0.5) is 0 Å². The Morgan fingerprint density at radius 1 is 1.19 bits per heavy atom. The van der Waals surface area contributed by atoms with E-state index < -0.39 is 5.97 Å². The van der Waals surface area contributed by atoms with Gasteiger partial charge in [0.05, 0.1) is 17.4 Å². The van der Waals surface area contributed by atoms with E-state index in [1.54, 1.807) is 6.33 Å². The number of imidazole rings is 1. The maximum atomic E-state index is 11.8. The van der Waals surface area contributed by atoms with Crippen molar-refractivity contribution in [3.63, 3.8) is 0 Å². The first-order valence-corrected chi connectivity index (χ1v) is 7.05. The zero-order valence-electron chi connectivity index (χ0n) is 11.8. The summed E-state index contributed by atoms with van der Waals surface area (Å²) in [4.78, 5) is 26.4. The number of carboxylic acids is 1. The molecular weight excluding hydrogens is 270 g/mol. The monoisotopic (exact) mass is 289 g/mol. The Labute approximate surface area is 122 Å². The minimum atomic E-state index is -0.772. The molecule has 0 bridgehead atoms. The van der Waals surface area contributed by atoms with Crippen molar-refractivity contribution >= 4 is 22.9 Å². The van der Waals surface area contributed by atoms with Gasteiger partial charge in [-0.15, -0.1) is 0 Å². The Kier molecular flexibility index (Phi) is 5.31. The van der Waals surface area contributed by atoms with Crippen LogP contribution >= 0.6 is 0 Å². The summed E-state index contributed by atoms with van der Waals surface area (Å²) in [5.41, 5.74) is 1.81. The molecule has 0 saturated carbocycles. The van der Waals surface area contributed by atoms with Gasteiger partial charge < -0.3 is 15.0 Å². The van der Waals surface area contributed by atoms with Gasteiger partial charge in [-0.1, -0.05) is 18.6 Å².